The molecule has 1 aromatic rings. The molecule has 192 valence electrons. The van der Waals surface area contributed by atoms with Crippen molar-refractivity contribution in [3.05, 3.63) is 41.5 Å². The zero-order valence-corrected chi connectivity index (χ0v) is 21.9. The van der Waals surface area contributed by atoms with Crippen molar-refractivity contribution in [2.24, 2.45) is 16.3 Å². The molecule has 35 heavy (non-hydrogen) atoms. The Morgan fingerprint density at radius 3 is 2.46 bits per heavy atom. The van der Waals surface area contributed by atoms with E-state index in [0.717, 1.165) is 17.8 Å². The molecule has 0 aromatic heterocycles. The lowest BCUT2D eigenvalue weighted by molar-refractivity contribution is -0.136. The standard InChI is InChI=1S/C29H43N3O3/c1-5-29(3,4)17-15-24-19-25(20(2)31-24)27(21-9-7-6-8-10-21)32-23-13-11-22(12-14-23)28(35)30-18-16-26(33)34/h11-14,19,21,24,27,32H,5-10,15-18H2,1-4H3,(H,30,35)(H,33,34). The van der Waals surface area contributed by atoms with Crippen LogP contribution in [0.4, 0.5) is 5.69 Å². The van der Waals surface area contributed by atoms with Crippen molar-refractivity contribution in [2.75, 3.05) is 11.9 Å². The number of carbonyl (C=O) groups is 2. The number of benzene rings is 1. The molecular formula is C29H43N3O3. The summed E-state index contributed by atoms with van der Waals surface area (Å²) in [5, 5.41) is 15.2. The van der Waals surface area contributed by atoms with Gasteiger partial charge in [0.1, 0.15) is 0 Å². The van der Waals surface area contributed by atoms with Gasteiger partial charge in [0.25, 0.3) is 5.91 Å². The highest BCUT2D eigenvalue weighted by molar-refractivity contribution is 6.02. The zero-order valence-electron chi connectivity index (χ0n) is 21.9. The number of anilines is 1. The van der Waals surface area contributed by atoms with E-state index in [1.807, 2.05) is 12.1 Å². The third-order valence-corrected chi connectivity index (χ3v) is 7.77. The maximum absolute atomic E-state index is 12.3. The van der Waals surface area contributed by atoms with Crippen molar-refractivity contribution in [3.8, 4) is 0 Å². The molecule has 6 nitrogen and oxygen atoms in total. The van der Waals surface area contributed by atoms with Gasteiger partial charge in [-0.1, -0.05) is 52.5 Å². The second-order valence-electron chi connectivity index (χ2n) is 11.0. The highest BCUT2D eigenvalue weighted by atomic mass is 16.4. The van der Waals surface area contributed by atoms with Crippen LogP contribution < -0.4 is 10.6 Å². The summed E-state index contributed by atoms with van der Waals surface area (Å²) in [4.78, 5) is 28.0. The fourth-order valence-electron chi connectivity index (χ4n) is 5.08. The van der Waals surface area contributed by atoms with E-state index in [9.17, 15) is 9.59 Å². The summed E-state index contributed by atoms with van der Waals surface area (Å²) in [6.07, 6.45) is 12.1. The molecule has 2 aliphatic rings. The monoisotopic (exact) mass is 481 g/mol. The fraction of sp³-hybridized carbons (Fsp3) is 0.621. The second-order valence-corrected chi connectivity index (χ2v) is 11.0. The van der Waals surface area contributed by atoms with E-state index in [1.165, 1.54) is 50.5 Å². The Morgan fingerprint density at radius 2 is 1.83 bits per heavy atom. The first-order chi connectivity index (χ1) is 16.7. The number of nitrogens with one attached hydrogen (secondary N) is 2. The molecule has 1 aromatic carbocycles. The Hall–Kier alpha value is -2.63. The normalized spacial score (nSPS) is 19.6. The lowest BCUT2D eigenvalue weighted by Crippen LogP contribution is -2.34. The largest absolute Gasteiger partial charge is 0.481 e. The number of carbonyl (C=O) groups excluding carboxylic acids is 1. The van der Waals surface area contributed by atoms with Crippen LogP contribution in [0.25, 0.3) is 0 Å². The van der Waals surface area contributed by atoms with Gasteiger partial charge in [0.05, 0.1) is 18.5 Å². The van der Waals surface area contributed by atoms with Crippen molar-refractivity contribution < 1.29 is 14.7 Å². The predicted octanol–water partition coefficient (Wildman–Crippen LogP) is 6.24. The number of carboxylic acids is 1. The van der Waals surface area contributed by atoms with Gasteiger partial charge in [-0.15, -0.1) is 0 Å². The fourth-order valence-corrected chi connectivity index (χ4v) is 5.08. The molecule has 1 aliphatic heterocycles. The van der Waals surface area contributed by atoms with Gasteiger partial charge in [-0.3, -0.25) is 14.6 Å². The van der Waals surface area contributed by atoms with Crippen molar-refractivity contribution >= 4 is 23.3 Å². The van der Waals surface area contributed by atoms with Crippen LogP contribution in [0.5, 0.6) is 0 Å². The van der Waals surface area contributed by atoms with Gasteiger partial charge in [-0.05, 0) is 73.8 Å². The lowest BCUT2D eigenvalue weighted by atomic mass is 9.79. The summed E-state index contributed by atoms with van der Waals surface area (Å²) < 4.78 is 0. The van der Waals surface area contributed by atoms with E-state index in [-0.39, 0.29) is 31.0 Å². The number of hydrogen-bond acceptors (Lipinski definition) is 4. The molecule has 1 heterocycles. The molecule has 3 rings (SSSR count). The Bertz CT molecular complexity index is 927. The van der Waals surface area contributed by atoms with E-state index in [4.69, 9.17) is 10.1 Å². The van der Waals surface area contributed by atoms with Gasteiger partial charge in [0.2, 0.25) is 0 Å². The zero-order chi connectivity index (χ0) is 25.4. The Labute approximate surface area is 210 Å². The quantitative estimate of drug-likeness (QED) is 0.330. The Balaban J connectivity index is 1.71. The predicted molar refractivity (Wildman–Crippen MR) is 143 cm³/mol. The molecule has 1 amide bonds. The first-order valence-corrected chi connectivity index (χ1v) is 13.3. The van der Waals surface area contributed by atoms with Crippen LogP contribution in [0.15, 0.2) is 40.9 Å². The molecule has 2 atom stereocenters. The van der Waals surface area contributed by atoms with Crippen LogP contribution >= 0.6 is 0 Å². The molecule has 6 heteroatoms. The highest BCUT2D eigenvalue weighted by Crippen LogP contribution is 2.35. The Morgan fingerprint density at radius 1 is 1.14 bits per heavy atom. The first kappa shape index (κ1) is 27.0. The van der Waals surface area contributed by atoms with Gasteiger partial charge in [-0.2, -0.15) is 0 Å². The van der Waals surface area contributed by atoms with Crippen molar-refractivity contribution in [1.29, 1.82) is 0 Å². The molecule has 1 saturated carbocycles. The minimum absolute atomic E-state index is 0.0819. The van der Waals surface area contributed by atoms with Crippen LogP contribution in [-0.4, -0.2) is 41.3 Å². The minimum Gasteiger partial charge on any atom is -0.481 e. The third-order valence-electron chi connectivity index (χ3n) is 7.77. The van der Waals surface area contributed by atoms with Crippen LogP contribution in [0, 0.1) is 11.3 Å². The summed E-state index contributed by atoms with van der Waals surface area (Å²) in [6, 6.07) is 7.99. The molecule has 0 spiro atoms. The van der Waals surface area contributed by atoms with Crippen molar-refractivity contribution in [3.63, 3.8) is 0 Å². The van der Waals surface area contributed by atoms with Crippen LogP contribution in [-0.2, 0) is 4.79 Å². The summed E-state index contributed by atoms with van der Waals surface area (Å²) in [5.74, 6) is -0.596. The summed E-state index contributed by atoms with van der Waals surface area (Å²) in [5.41, 5.74) is 4.37. The van der Waals surface area contributed by atoms with E-state index >= 15 is 0 Å². The number of nitrogens with zero attached hydrogens (tertiary/aromatic N) is 1. The average Bonchev–Trinajstić information content (AvgIpc) is 3.22. The topological polar surface area (TPSA) is 90.8 Å². The molecular weight excluding hydrogens is 438 g/mol. The second kappa shape index (κ2) is 12.4. The average molecular weight is 482 g/mol. The molecule has 0 radical (unpaired) electrons. The minimum atomic E-state index is -0.921. The van der Waals surface area contributed by atoms with Gasteiger partial charge >= 0.3 is 5.97 Å². The number of carboxylic acid groups (broad SMARTS) is 1. The van der Waals surface area contributed by atoms with Gasteiger partial charge in [0.15, 0.2) is 0 Å². The van der Waals surface area contributed by atoms with Crippen LogP contribution in [0.3, 0.4) is 0 Å². The molecule has 1 aliphatic carbocycles. The third kappa shape index (κ3) is 7.94. The number of aliphatic imine (C=N–C) groups is 1. The number of amides is 1. The smallest absolute Gasteiger partial charge is 0.305 e. The first-order valence-electron chi connectivity index (χ1n) is 13.3. The summed E-state index contributed by atoms with van der Waals surface area (Å²) in [6.45, 7) is 9.22. The maximum Gasteiger partial charge on any atom is 0.305 e. The van der Waals surface area contributed by atoms with E-state index in [0.29, 0.717) is 16.9 Å². The SMILES string of the molecule is CCC(C)(C)CCC1C=C(C(Nc2ccc(C(=O)NCCC(=O)O)cc2)C2CCCCC2)C(C)=N1. The molecule has 3 N–H and O–H groups in total. The molecule has 1 fully saturated rings. The highest BCUT2D eigenvalue weighted by Gasteiger charge is 2.31. The van der Waals surface area contributed by atoms with Gasteiger partial charge in [0, 0.05) is 23.5 Å². The van der Waals surface area contributed by atoms with Gasteiger partial charge in [-0.25, -0.2) is 0 Å². The van der Waals surface area contributed by atoms with Crippen LogP contribution in [0.2, 0.25) is 0 Å². The molecule has 2 unspecified atom stereocenters. The van der Waals surface area contributed by atoms with Crippen LogP contribution in [0.1, 0.15) is 95.8 Å². The molecule has 0 bridgehead atoms. The lowest BCUT2D eigenvalue weighted by Gasteiger charge is -2.33. The summed E-state index contributed by atoms with van der Waals surface area (Å²) >= 11 is 0. The summed E-state index contributed by atoms with van der Waals surface area (Å²) in [7, 11) is 0. The van der Waals surface area contributed by atoms with Crippen molar-refractivity contribution in [1.82, 2.24) is 5.32 Å². The number of aliphatic carboxylic acids is 1. The van der Waals surface area contributed by atoms with E-state index < -0.39 is 5.97 Å². The van der Waals surface area contributed by atoms with E-state index in [1.54, 1.807) is 12.1 Å². The number of rotatable bonds is 12. The molecule has 0 saturated heterocycles. The van der Waals surface area contributed by atoms with Gasteiger partial charge < -0.3 is 15.7 Å². The number of hydrogen-bond donors (Lipinski definition) is 3. The van der Waals surface area contributed by atoms with E-state index in [2.05, 4.69) is 44.4 Å². The Kier molecular flexibility index (Phi) is 9.53. The van der Waals surface area contributed by atoms with Crippen molar-refractivity contribution in [2.45, 2.75) is 97.6 Å². The maximum atomic E-state index is 12.3.